The molecule has 0 spiro atoms. The summed E-state index contributed by atoms with van der Waals surface area (Å²) in [6.07, 6.45) is 4.75. The minimum Gasteiger partial charge on any atom is -0.493 e. The van der Waals surface area contributed by atoms with Crippen LogP contribution in [0.2, 0.25) is 0 Å². The normalized spacial score (nSPS) is 10.8. The molecule has 0 atom stereocenters. The zero-order valence-corrected chi connectivity index (χ0v) is 20.5. The minimum atomic E-state index is 0.730. The van der Waals surface area contributed by atoms with Crippen molar-refractivity contribution < 1.29 is 4.74 Å². The quantitative estimate of drug-likeness (QED) is 0.228. The standard InChI is InChI=1S/C31H34N2O/c1-4-5-6-12-21-34-31-16-11-10-15-28(31)30-23-26(24-17-19-27(20-18-24)33(2)3)22-29(32-30)25-13-8-7-9-14-25/h7-11,13-20,22-23H,4-6,12,21H2,1-3H3. The number of unbranched alkanes of at least 4 members (excludes halogenated alkanes) is 3. The third kappa shape index (κ3) is 5.85. The van der Waals surface area contributed by atoms with E-state index in [1.165, 1.54) is 30.5 Å². The van der Waals surface area contributed by atoms with Gasteiger partial charge in [0.1, 0.15) is 5.75 Å². The summed E-state index contributed by atoms with van der Waals surface area (Å²) in [4.78, 5) is 7.19. The van der Waals surface area contributed by atoms with Crippen molar-refractivity contribution in [2.45, 2.75) is 32.6 Å². The SMILES string of the molecule is CCCCCCOc1ccccc1-c1cc(-c2ccc(N(C)C)cc2)cc(-c2ccccc2)n1. The smallest absolute Gasteiger partial charge is 0.128 e. The number of hydrogen-bond donors (Lipinski definition) is 0. The average molecular weight is 451 g/mol. The molecule has 0 N–H and O–H groups in total. The van der Waals surface area contributed by atoms with Crippen LogP contribution in [0.15, 0.2) is 91.0 Å². The fourth-order valence-corrected chi connectivity index (χ4v) is 4.06. The van der Waals surface area contributed by atoms with Gasteiger partial charge in [0.15, 0.2) is 0 Å². The molecule has 0 aliphatic heterocycles. The Balaban J connectivity index is 1.73. The zero-order chi connectivity index (χ0) is 23.8. The molecule has 0 amide bonds. The van der Waals surface area contributed by atoms with E-state index in [9.17, 15) is 0 Å². The number of benzene rings is 3. The average Bonchev–Trinajstić information content (AvgIpc) is 2.89. The van der Waals surface area contributed by atoms with Gasteiger partial charge in [-0.1, -0.05) is 80.8 Å². The number of anilines is 1. The van der Waals surface area contributed by atoms with Crippen LogP contribution in [0.4, 0.5) is 5.69 Å². The Hall–Kier alpha value is -3.59. The first kappa shape index (κ1) is 23.6. The Morgan fingerprint density at radius 3 is 2.12 bits per heavy atom. The van der Waals surface area contributed by atoms with Gasteiger partial charge in [0.2, 0.25) is 0 Å². The van der Waals surface area contributed by atoms with Gasteiger partial charge in [-0.15, -0.1) is 0 Å². The maximum absolute atomic E-state index is 6.23. The Kier molecular flexibility index (Phi) is 7.98. The molecule has 3 heteroatoms. The number of aromatic nitrogens is 1. The number of rotatable bonds is 10. The topological polar surface area (TPSA) is 25.4 Å². The Labute approximate surface area is 204 Å². The van der Waals surface area contributed by atoms with Crippen molar-refractivity contribution in [2.75, 3.05) is 25.6 Å². The molecule has 0 aliphatic carbocycles. The molecule has 0 fully saturated rings. The van der Waals surface area contributed by atoms with Crippen LogP contribution in [0.3, 0.4) is 0 Å². The lowest BCUT2D eigenvalue weighted by Gasteiger charge is -2.15. The molecule has 34 heavy (non-hydrogen) atoms. The van der Waals surface area contributed by atoms with Gasteiger partial charge in [-0.05, 0) is 53.9 Å². The van der Waals surface area contributed by atoms with Crippen LogP contribution in [-0.4, -0.2) is 25.7 Å². The van der Waals surface area contributed by atoms with Crippen molar-refractivity contribution in [3.05, 3.63) is 91.0 Å². The molecule has 4 aromatic rings. The van der Waals surface area contributed by atoms with Crippen molar-refractivity contribution >= 4 is 5.69 Å². The molecule has 0 saturated carbocycles. The van der Waals surface area contributed by atoms with Gasteiger partial charge in [-0.2, -0.15) is 0 Å². The summed E-state index contributed by atoms with van der Waals surface area (Å²) >= 11 is 0. The largest absolute Gasteiger partial charge is 0.493 e. The maximum Gasteiger partial charge on any atom is 0.128 e. The minimum absolute atomic E-state index is 0.730. The van der Waals surface area contributed by atoms with E-state index in [2.05, 4.69) is 105 Å². The molecule has 0 aliphatic rings. The molecule has 0 radical (unpaired) electrons. The highest BCUT2D eigenvalue weighted by Gasteiger charge is 2.13. The third-order valence-corrected chi connectivity index (χ3v) is 6.03. The predicted octanol–water partition coefficient (Wildman–Crippen LogP) is 8.11. The van der Waals surface area contributed by atoms with Gasteiger partial charge in [0.25, 0.3) is 0 Å². The second kappa shape index (κ2) is 11.5. The lowest BCUT2D eigenvalue weighted by molar-refractivity contribution is 0.306. The van der Waals surface area contributed by atoms with Gasteiger partial charge >= 0.3 is 0 Å². The summed E-state index contributed by atoms with van der Waals surface area (Å²) in [5.41, 5.74) is 7.52. The van der Waals surface area contributed by atoms with E-state index < -0.39 is 0 Å². The van der Waals surface area contributed by atoms with Crippen molar-refractivity contribution in [2.24, 2.45) is 0 Å². The fourth-order valence-electron chi connectivity index (χ4n) is 4.06. The maximum atomic E-state index is 6.23. The van der Waals surface area contributed by atoms with Crippen molar-refractivity contribution in [1.82, 2.24) is 4.98 Å². The van der Waals surface area contributed by atoms with Crippen LogP contribution >= 0.6 is 0 Å². The molecule has 3 aromatic carbocycles. The third-order valence-electron chi connectivity index (χ3n) is 6.03. The first-order valence-electron chi connectivity index (χ1n) is 12.2. The van der Waals surface area contributed by atoms with E-state index in [1.54, 1.807) is 0 Å². The highest BCUT2D eigenvalue weighted by Crippen LogP contribution is 2.35. The summed E-state index contributed by atoms with van der Waals surface area (Å²) in [7, 11) is 4.12. The molecular weight excluding hydrogens is 416 g/mol. The number of ether oxygens (including phenoxy) is 1. The van der Waals surface area contributed by atoms with Gasteiger partial charge in [0, 0.05) is 30.9 Å². The molecule has 0 unspecified atom stereocenters. The van der Waals surface area contributed by atoms with Crippen LogP contribution in [-0.2, 0) is 0 Å². The van der Waals surface area contributed by atoms with Gasteiger partial charge in [-0.3, -0.25) is 0 Å². The first-order valence-corrected chi connectivity index (χ1v) is 12.2. The number of para-hydroxylation sites is 1. The summed E-state index contributed by atoms with van der Waals surface area (Å²) in [6, 6.07) is 31.7. The lowest BCUT2D eigenvalue weighted by atomic mass is 9.99. The van der Waals surface area contributed by atoms with E-state index in [0.717, 1.165) is 46.9 Å². The molecule has 1 aromatic heterocycles. The van der Waals surface area contributed by atoms with Crippen LogP contribution < -0.4 is 9.64 Å². The summed E-state index contributed by atoms with van der Waals surface area (Å²) < 4.78 is 6.23. The van der Waals surface area contributed by atoms with E-state index in [1.807, 2.05) is 12.1 Å². The summed E-state index contributed by atoms with van der Waals surface area (Å²) in [5, 5.41) is 0. The predicted molar refractivity (Wildman–Crippen MR) is 145 cm³/mol. The molecule has 3 nitrogen and oxygen atoms in total. The van der Waals surface area contributed by atoms with E-state index >= 15 is 0 Å². The molecule has 0 bridgehead atoms. The van der Waals surface area contributed by atoms with E-state index in [0.29, 0.717) is 0 Å². The second-order valence-electron chi connectivity index (χ2n) is 8.84. The summed E-state index contributed by atoms with van der Waals surface area (Å²) in [5.74, 6) is 0.894. The monoisotopic (exact) mass is 450 g/mol. The van der Waals surface area contributed by atoms with Crippen molar-refractivity contribution in [1.29, 1.82) is 0 Å². The van der Waals surface area contributed by atoms with E-state index in [4.69, 9.17) is 9.72 Å². The number of pyridine rings is 1. The van der Waals surface area contributed by atoms with Crippen LogP contribution in [0.5, 0.6) is 5.75 Å². The molecule has 1 heterocycles. The van der Waals surface area contributed by atoms with Crippen LogP contribution in [0, 0.1) is 0 Å². The first-order chi connectivity index (χ1) is 16.7. The van der Waals surface area contributed by atoms with Crippen LogP contribution in [0.25, 0.3) is 33.6 Å². The van der Waals surface area contributed by atoms with Crippen molar-refractivity contribution in [3.8, 4) is 39.4 Å². The Morgan fingerprint density at radius 1 is 0.676 bits per heavy atom. The van der Waals surface area contributed by atoms with Gasteiger partial charge < -0.3 is 9.64 Å². The molecule has 4 rings (SSSR count). The van der Waals surface area contributed by atoms with Crippen LogP contribution in [0.1, 0.15) is 32.6 Å². The second-order valence-corrected chi connectivity index (χ2v) is 8.84. The zero-order valence-electron chi connectivity index (χ0n) is 20.5. The van der Waals surface area contributed by atoms with Gasteiger partial charge in [-0.25, -0.2) is 4.98 Å². The highest BCUT2D eigenvalue weighted by atomic mass is 16.5. The molecule has 0 saturated heterocycles. The fraction of sp³-hybridized carbons (Fsp3) is 0.258. The number of hydrogen-bond acceptors (Lipinski definition) is 3. The van der Waals surface area contributed by atoms with E-state index in [-0.39, 0.29) is 0 Å². The summed E-state index contributed by atoms with van der Waals surface area (Å²) in [6.45, 7) is 2.96. The Morgan fingerprint density at radius 2 is 1.38 bits per heavy atom. The number of nitrogens with zero attached hydrogens (tertiary/aromatic N) is 2. The van der Waals surface area contributed by atoms with Crippen molar-refractivity contribution in [3.63, 3.8) is 0 Å². The molecule has 174 valence electrons. The Bertz CT molecular complexity index is 1180. The lowest BCUT2D eigenvalue weighted by Crippen LogP contribution is -2.07. The molecular formula is C31H34N2O. The van der Waals surface area contributed by atoms with Gasteiger partial charge in [0.05, 0.1) is 18.0 Å². The highest BCUT2D eigenvalue weighted by molar-refractivity contribution is 5.79.